The second-order valence-corrected chi connectivity index (χ2v) is 4.39. The maximum Gasteiger partial charge on any atom is 0.119 e. The molecule has 0 unspecified atom stereocenters. The van der Waals surface area contributed by atoms with Crippen LogP contribution in [0.5, 0.6) is 5.75 Å². The van der Waals surface area contributed by atoms with Crippen molar-refractivity contribution < 1.29 is 4.74 Å². The molecule has 0 atom stereocenters. The summed E-state index contributed by atoms with van der Waals surface area (Å²) in [6, 6.07) is 9.97. The van der Waals surface area contributed by atoms with Gasteiger partial charge >= 0.3 is 0 Å². The number of halogens is 1. The average Bonchev–Trinajstić information content (AvgIpc) is 2.29. The summed E-state index contributed by atoms with van der Waals surface area (Å²) >= 11 is 2.40. The smallest absolute Gasteiger partial charge is 0.119 e. The Morgan fingerprint density at radius 2 is 1.80 bits per heavy atom. The van der Waals surface area contributed by atoms with E-state index in [1.165, 1.54) is 10.8 Å². The monoisotopic (exact) mass is 319 g/mol. The van der Waals surface area contributed by atoms with Crippen molar-refractivity contribution in [2.75, 3.05) is 24.1 Å². The molecule has 2 nitrogen and oxygen atoms in total. The number of alkyl halides is 1. The van der Waals surface area contributed by atoms with E-state index in [9.17, 15) is 0 Å². The van der Waals surface area contributed by atoms with Crippen LogP contribution < -0.4 is 10.1 Å². The number of rotatable bonds is 8. The maximum absolute atomic E-state index is 5.57. The standard InChI is InChI=1S/C12H18INO/c13-8-4-9-14-10-5-11-15-12-6-2-1-3-7-12/h1-3,6-7,14H,4-5,8-11H2. The molecule has 0 heterocycles. The molecule has 1 N–H and O–H groups in total. The van der Waals surface area contributed by atoms with Gasteiger partial charge < -0.3 is 10.1 Å². The van der Waals surface area contributed by atoms with Gasteiger partial charge in [0, 0.05) is 4.43 Å². The second kappa shape index (κ2) is 8.97. The molecule has 1 rings (SSSR count). The summed E-state index contributed by atoms with van der Waals surface area (Å²) in [5.41, 5.74) is 0. The van der Waals surface area contributed by atoms with Crippen LogP contribution in [0.1, 0.15) is 12.8 Å². The van der Waals surface area contributed by atoms with Gasteiger partial charge in [0.2, 0.25) is 0 Å². The number of hydrogen-bond acceptors (Lipinski definition) is 2. The molecule has 0 radical (unpaired) electrons. The Bertz CT molecular complexity index is 241. The maximum atomic E-state index is 5.57. The number of nitrogens with one attached hydrogen (secondary N) is 1. The molecule has 3 heteroatoms. The van der Waals surface area contributed by atoms with Crippen molar-refractivity contribution >= 4 is 22.6 Å². The van der Waals surface area contributed by atoms with Crippen LogP contribution >= 0.6 is 22.6 Å². The Balaban J connectivity index is 1.93. The molecule has 0 aliphatic carbocycles. The van der Waals surface area contributed by atoms with Crippen LogP contribution in [0.25, 0.3) is 0 Å². The first-order chi connectivity index (χ1) is 7.43. The molecule has 0 fully saturated rings. The summed E-state index contributed by atoms with van der Waals surface area (Å²) < 4.78 is 6.80. The van der Waals surface area contributed by atoms with Gasteiger partial charge in [0.05, 0.1) is 6.61 Å². The van der Waals surface area contributed by atoms with Crippen LogP contribution in [0.2, 0.25) is 0 Å². The van der Waals surface area contributed by atoms with Gasteiger partial charge in [-0.1, -0.05) is 40.8 Å². The topological polar surface area (TPSA) is 21.3 Å². The van der Waals surface area contributed by atoms with E-state index in [0.717, 1.165) is 31.9 Å². The lowest BCUT2D eigenvalue weighted by Crippen LogP contribution is -2.18. The zero-order valence-electron chi connectivity index (χ0n) is 8.92. The Morgan fingerprint density at radius 3 is 2.53 bits per heavy atom. The van der Waals surface area contributed by atoms with Crippen molar-refractivity contribution in [3.63, 3.8) is 0 Å². The van der Waals surface area contributed by atoms with Crippen molar-refractivity contribution in [2.45, 2.75) is 12.8 Å². The average molecular weight is 319 g/mol. The third kappa shape index (κ3) is 6.73. The number of hydrogen-bond donors (Lipinski definition) is 1. The van der Waals surface area contributed by atoms with Crippen molar-refractivity contribution in [2.24, 2.45) is 0 Å². The van der Waals surface area contributed by atoms with Gasteiger partial charge in [-0.25, -0.2) is 0 Å². The molecule has 0 amide bonds. The Kier molecular flexibility index (Phi) is 7.64. The Labute approximate surface area is 106 Å². The summed E-state index contributed by atoms with van der Waals surface area (Å²) in [5.74, 6) is 0.963. The second-order valence-electron chi connectivity index (χ2n) is 3.31. The minimum atomic E-state index is 0.793. The minimum Gasteiger partial charge on any atom is -0.494 e. The van der Waals surface area contributed by atoms with Crippen LogP contribution in [0, 0.1) is 0 Å². The largest absolute Gasteiger partial charge is 0.494 e. The Morgan fingerprint density at radius 1 is 1.07 bits per heavy atom. The first kappa shape index (κ1) is 12.8. The molecule has 84 valence electrons. The zero-order valence-corrected chi connectivity index (χ0v) is 11.1. The molecule has 0 aliphatic heterocycles. The van der Waals surface area contributed by atoms with E-state index in [4.69, 9.17) is 4.74 Å². The lowest BCUT2D eigenvalue weighted by atomic mass is 10.3. The van der Waals surface area contributed by atoms with Gasteiger partial charge in [0.25, 0.3) is 0 Å². The van der Waals surface area contributed by atoms with Crippen molar-refractivity contribution in [3.8, 4) is 5.75 Å². The van der Waals surface area contributed by atoms with Gasteiger partial charge in [0.1, 0.15) is 5.75 Å². The van der Waals surface area contributed by atoms with E-state index in [-0.39, 0.29) is 0 Å². The molecular formula is C12H18INO. The fourth-order valence-corrected chi connectivity index (χ4v) is 1.60. The fourth-order valence-electron chi connectivity index (χ4n) is 1.22. The van der Waals surface area contributed by atoms with Gasteiger partial charge in [-0.05, 0) is 38.1 Å². The van der Waals surface area contributed by atoms with Crippen LogP contribution in [0.4, 0.5) is 0 Å². The highest BCUT2D eigenvalue weighted by atomic mass is 127. The third-order valence-electron chi connectivity index (χ3n) is 2.00. The van der Waals surface area contributed by atoms with Crippen LogP contribution in [-0.2, 0) is 0 Å². The third-order valence-corrected chi connectivity index (χ3v) is 2.76. The highest BCUT2D eigenvalue weighted by Gasteiger charge is 1.91. The van der Waals surface area contributed by atoms with E-state index in [1.807, 2.05) is 30.3 Å². The molecular weight excluding hydrogens is 301 g/mol. The Hall–Kier alpha value is -0.290. The molecule has 0 bridgehead atoms. The van der Waals surface area contributed by atoms with Gasteiger partial charge in [-0.3, -0.25) is 0 Å². The first-order valence-electron chi connectivity index (χ1n) is 5.38. The minimum absolute atomic E-state index is 0.793. The fraction of sp³-hybridized carbons (Fsp3) is 0.500. The van der Waals surface area contributed by atoms with Crippen molar-refractivity contribution in [1.82, 2.24) is 5.32 Å². The lowest BCUT2D eigenvalue weighted by Gasteiger charge is -2.06. The van der Waals surface area contributed by atoms with Gasteiger partial charge in [-0.2, -0.15) is 0 Å². The summed E-state index contributed by atoms with van der Waals surface area (Å²) in [5, 5.41) is 3.39. The zero-order chi connectivity index (χ0) is 10.8. The molecule has 1 aromatic carbocycles. The van der Waals surface area contributed by atoms with Gasteiger partial charge in [0.15, 0.2) is 0 Å². The predicted octanol–water partition coefficient (Wildman–Crippen LogP) is 2.87. The quantitative estimate of drug-likeness (QED) is 0.452. The SMILES string of the molecule is ICCCNCCCOc1ccccc1. The number of para-hydroxylation sites is 1. The van der Waals surface area contributed by atoms with E-state index in [0.29, 0.717) is 0 Å². The van der Waals surface area contributed by atoms with Crippen molar-refractivity contribution in [3.05, 3.63) is 30.3 Å². The summed E-state index contributed by atoms with van der Waals surface area (Å²) in [6.07, 6.45) is 2.32. The van der Waals surface area contributed by atoms with E-state index >= 15 is 0 Å². The molecule has 0 aromatic heterocycles. The summed E-state index contributed by atoms with van der Waals surface area (Å²) in [7, 11) is 0. The highest BCUT2D eigenvalue weighted by Crippen LogP contribution is 2.07. The number of benzene rings is 1. The summed E-state index contributed by atoms with van der Waals surface area (Å²) in [4.78, 5) is 0. The molecule has 1 aromatic rings. The highest BCUT2D eigenvalue weighted by molar-refractivity contribution is 14.1. The van der Waals surface area contributed by atoms with Crippen LogP contribution in [0.3, 0.4) is 0 Å². The van der Waals surface area contributed by atoms with Crippen LogP contribution in [0.15, 0.2) is 30.3 Å². The number of ether oxygens (including phenoxy) is 1. The molecule has 15 heavy (non-hydrogen) atoms. The van der Waals surface area contributed by atoms with Crippen molar-refractivity contribution in [1.29, 1.82) is 0 Å². The first-order valence-corrected chi connectivity index (χ1v) is 6.90. The predicted molar refractivity (Wildman–Crippen MR) is 72.9 cm³/mol. The lowest BCUT2D eigenvalue weighted by molar-refractivity contribution is 0.308. The van der Waals surface area contributed by atoms with Crippen LogP contribution in [-0.4, -0.2) is 24.1 Å². The normalized spacial score (nSPS) is 10.2. The molecule has 0 aliphatic rings. The van der Waals surface area contributed by atoms with E-state index in [1.54, 1.807) is 0 Å². The molecule has 0 spiro atoms. The molecule has 0 saturated carbocycles. The van der Waals surface area contributed by atoms with E-state index < -0.39 is 0 Å². The molecule has 0 saturated heterocycles. The summed E-state index contributed by atoms with van der Waals surface area (Å²) in [6.45, 7) is 2.96. The van der Waals surface area contributed by atoms with Gasteiger partial charge in [-0.15, -0.1) is 0 Å². The van der Waals surface area contributed by atoms with E-state index in [2.05, 4.69) is 27.9 Å².